The molecule has 4 aromatic rings. The number of anilines is 1. The van der Waals surface area contributed by atoms with Gasteiger partial charge in [-0.15, -0.1) is 0 Å². The summed E-state index contributed by atoms with van der Waals surface area (Å²) >= 11 is 3.42. The number of carbonyl (C=O) groups excluding carboxylic acids is 2. The lowest BCUT2D eigenvalue weighted by Crippen LogP contribution is -2.47. The number of nitrogen functional groups attached to an aromatic ring is 1. The molecule has 0 radical (unpaired) electrons. The number of hydrogen-bond acceptors (Lipinski definition) is 7. The van der Waals surface area contributed by atoms with Crippen molar-refractivity contribution in [3.05, 3.63) is 130 Å². The van der Waals surface area contributed by atoms with E-state index in [0.717, 1.165) is 46.1 Å². The summed E-state index contributed by atoms with van der Waals surface area (Å²) in [7, 11) is 1.31. The second kappa shape index (κ2) is 16.4. The molecule has 0 spiro atoms. The van der Waals surface area contributed by atoms with Crippen LogP contribution in [0.3, 0.4) is 0 Å². The molecule has 1 aliphatic heterocycles. The number of rotatable bonds is 13. The molecule has 1 saturated heterocycles. The fourth-order valence-electron chi connectivity index (χ4n) is 5.90. The van der Waals surface area contributed by atoms with E-state index in [0.29, 0.717) is 24.6 Å². The third kappa shape index (κ3) is 8.96. The molecule has 8 nitrogen and oxygen atoms in total. The normalized spacial score (nSPS) is 16.8. The highest BCUT2D eigenvalue weighted by molar-refractivity contribution is 9.10. The molecule has 0 saturated carbocycles. The van der Waals surface area contributed by atoms with Crippen LogP contribution in [0.25, 0.3) is 0 Å². The first-order chi connectivity index (χ1) is 22.4. The van der Waals surface area contributed by atoms with Crippen LogP contribution in [0.15, 0.2) is 108 Å². The Kier molecular flexibility index (Phi) is 11.8. The Labute approximate surface area is 278 Å². The van der Waals surface area contributed by atoms with E-state index in [1.165, 1.54) is 7.11 Å². The quantitative estimate of drug-likeness (QED) is 0.147. The van der Waals surface area contributed by atoms with Gasteiger partial charge >= 0.3 is 6.09 Å². The SMILES string of the molecule is COC(=O)N[C@H](C(=O)Cc1ccccc1CC[C@@H]1CNC[C@@H](COc2ccc(Br)cc2N)O1)C(c1ccccc1)c1ccccc1. The third-order valence-corrected chi connectivity index (χ3v) is 8.69. The first-order valence-electron chi connectivity index (χ1n) is 15.5. The number of ether oxygens (including phenoxy) is 3. The topological polar surface area (TPSA) is 112 Å². The maximum absolute atomic E-state index is 14.2. The van der Waals surface area contributed by atoms with Crippen LogP contribution >= 0.6 is 15.9 Å². The van der Waals surface area contributed by atoms with Crippen molar-refractivity contribution in [3.63, 3.8) is 0 Å². The van der Waals surface area contributed by atoms with Crippen LogP contribution in [0, 0.1) is 0 Å². The minimum Gasteiger partial charge on any atom is -0.489 e. The number of Topliss-reactive ketones (excluding diaryl/α,β-unsaturated/α-hetero) is 1. The van der Waals surface area contributed by atoms with Crippen molar-refractivity contribution in [1.82, 2.24) is 10.6 Å². The molecule has 4 aromatic carbocycles. The first-order valence-corrected chi connectivity index (χ1v) is 16.3. The maximum atomic E-state index is 14.2. The molecule has 46 heavy (non-hydrogen) atoms. The molecule has 1 fully saturated rings. The summed E-state index contributed by atoms with van der Waals surface area (Å²) in [5.41, 5.74) is 10.5. The first kappa shape index (κ1) is 33.2. The van der Waals surface area contributed by atoms with Gasteiger partial charge in [-0.1, -0.05) is 101 Å². The molecule has 1 aliphatic rings. The predicted molar refractivity (Wildman–Crippen MR) is 183 cm³/mol. The van der Waals surface area contributed by atoms with Gasteiger partial charge in [0.25, 0.3) is 0 Å². The Balaban J connectivity index is 1.27. The van der Waals surface area contributed by atoms with E-state index in [1.54, 1.807) is 0 Å². The van der Waals surface area contributed by atoms with Gasteiger partial charge in [0.2, 0.25) is 0 Å². The van der Waals surface area contributed by atoms with Crippen molar-refractivity contribution in [2.45, 2.75) is 43.4 Å². The Morgan fingerprint density at radius 1 is 0.913 bits per heavy atom. The van der Waals surface area contributed by atoms with E-state index in [2.05, 4.69) is 32.6 Å². The number of nitrogens with two attached hydrogens (primary N) is 1. The van der Waals surface area contributed by atoms with Crippen molar-refractivity contribution in [2.24, 2.45) is 0 Å². The zero-order chi connectivity index (χ0) is 32.3. The lowest BCUT2D eigenvalue weighted by atomic mass is 9.81. The van der Waals surface area contributed by atoms with Crippen LogP contribution in [0.4, 0.5) is 10.5 Å². The number of amides is 1. The smallest absolute Gasteiger partial charge is 0.407 e. The van der Waals surface area contributed by atoms with Gasteiger partial charge in [-0.2, -0.15) is 0 Å². The van der Waals surface area contributed by atoms with E-state index in [1.807, 2.05) is 97.1 Å². The molecule has 1 heterocycles. The van der Waals surface area contributed by atoms with Crippen LogP contribution in [-0.2, 0) is 27.1 Å². The number of hydrogen-bond donors (Lipinski definition) is 3. The van der Waals surface area contributed by atoms with Crippen LogP contribution in [0.2, 0.25) is 0 Å². The molecule has 240 valence electrons. The van der Waals surface area contributed by atoms with Crippen molar-refractivity contribution < 1.29 is 23.8 Å². The van der Waals surface area contributed by atoms with Crippen LogP contribution < -0.4 is 21.1 Å². The summed E-state index contributed by atoms with van der Waals surface area (Å²) in [6.07, 6.45) is 0.899. The Morgan fingerprint density at radius 2 is 1.54 bits per heavy atom. The lowest BCUT2D eigenvalue weighted by Gasteiger charge is -2.31. The molecule has 3 atom stereocenters. The van der Waals surface area contributed by atoms with E-state index in [-0.39, 0.29) is 24.4 Å². The van der Waals surface area contributed by atoms with Gasteiger partial charge in [-0.25, -0.2) is 4.79 Å². The highest BCUT2D eigenvalue weighted by atomic mass is 79.9. The van der Waals surface area contributed by atoms with Gasteiger partial charge in [0, 0.05) is 29.9 Å². The molecule has 9 heteroatoms. The zero-order valence-corrected chi connectivity index (χ0v) is 27.4. The fourth-order valence-corrected chi connectivity index (χ4v) is 6.28. The van der Waals surface area contributed by atoms with Gasteiger partial charge in [-0.05, 0) is 53.3 Å². The molecular weight excluding hydrogens is 646 g/mol. The highest BCUT2D eigenvalue weighted by Crippen LogP contribution is 2.30. The van der Waals surface area contributed by atoms with Crippen LogP contribution in [0.1, 0.15) is 34.6 Å². The van der Waals surface area contributed by atoms with Crippen molar-refractivity contribution in [1.29, 1.82) is 0 Å². The number of morpholine rings is 1. The van der Waals surface area contributed by atoms with Crippen molar-refractivity contribution in [2.75, 3.05) is 32.5 Å². The Bertz CT molecular complexity index is 1550. The summed E-state index contributed by atoms with van der Waals surface area (Å²) in [4.78, 5) is 26.7. The fraction of sp³-hybridized carbons (Fsp3) is 0.297. The molecular formula is C37H40BrN3O5. The molecule has 0 aliphatic carbocycles. The summed E-state index contributed by atoms with van der Waals surface area (Å²) in [5, 5.41) is 6.32. The van der Waals surface area contributed by atoms with E-state index < -0.39 is 18.1 Å². The van der Waals surface area contributed by atoms with Gasteiger partial charge in [0.05, 0.1) is 18.9 Å². The molecule has 4 N–H and O–H groups in total. The van der Waals surface area contributed by atoms with E-state index >= 15 is 0 Å². The molecule has 5 rings (SSSR count). The maximum Gasteiger partial charge on any atom is 0.407 e. The Morgan fingerprint density at radius 3 is 2.20 bits per heavy atom. The summed E-state index contributed by atoms with van der Waals surface area (Å²) in [6.45, 7) is 1.81. The lowest BCUT2D eigenvalue weighted by molar-refractivity contribution is -0.120. The third-order valence-electron chi connectivity index (χ3n) is 8.20. The number of carbonyl (C=O) groups is 2. The number of methoxy groups -OCH3 is 1. The summed E-state index contributed by atoms with van der Waals surface area (Å²) in [5.74, 6) is 0.139. The summed E-state index contributed by atoms with van der Waals surface area (Å²) in [6, 6.07) is 32.3. The highest BCUT2D eigenvalue weighted by Gasteiger charge is 2.33. The average Bonchev–Trinajstić information content (AvgIpc) is 3.08. The van der Waals surface area contributed by atoms with Crippen LogP contribution in [-0.4, -0.2) is 56.9 Å². The number of nitrogens with one attached hydrogen (secondary N) is 2. The molecule has 0 aromatic heterocycles. The standard InChI is InChI=1S/C37H40BrN3O5/c1-44-37(43)41-36(35(26-11-4-2-5-12-26)27-13-6-3-7-14-27)33(42)20-28-15-9-8-10-25(28)16-18-30-22-40-23-31(46-30)24-45-34-19-17-29(38)21-32(34)39/h2-15,17,19,21,30-31,35-36,40H,16,18,20,22-24,39H2,1H3,(H,41,43)/t30-,31+,36-/m1/s1. The van der Waals surface area contributed by atoms with E-state index in [9.17, 15) is 9.59 Å². The minimum absolute atomic E-state index is 0.0114. The largest absolute Gasteiger partial charge is 0.489 e. The van der Waals surface area contributed by atoms with Crippen molar-refractivity contribution >= 4 is 33.5 Å². The second-order valence-corrected chi connectivity index (χ2v) is 12.3. The zero-order valence-electron chi connectivity index (χ0n) is 25.9. The predicted octanol–water partition coefficient (Wildman–Crippen LogP) is 6.07. The monoisotopic (exact) mass is 685 g/mol. The minimum atomic E-state index is -0.836. The Hall–Kier alpha value is -4.18. The number of alkyl carbamates (subject to hydrolysis) is 1. The van der Waals surface area contributed by atoms with Gasteiger partial charge in [-0.3, -0.25) is 4.79 Å². The van der Waals surface area contributed by atoms with Gasteiger partial charge < -0.3 is 30.6 Å². The average molecular weight is 687 g/mol. The second-order valence-electron chi connectivity index (χ2n) is 11.4. The number of aryl methyl sites for hydroxylation is 1. The van der Waals surface area contributed by atoms with E-state index in [4.69, 9.17) is 19.9 Å². The van der Waals surface area contributed by atoms with Crippen molar-refractivity contribution in [3.8, 4) is 5.75 Å². The summed E-state index contributed by atoms with van der Waals surface area (Å²) < 4.78 is 18.2. The number of halogens is 1. The number of ketones is 1. The molecule has 0 unspecified atom stereocenters. The van der Waals surface area contributed by atoms with Crippen LogP contribution in [0.5, 0.6) is 5.75 Å². The number of benzene rings is 4. The van der Waals surface area contributed by atoms with Gasteiger partial charge in [0.1, 0.15) is 24.5 Å². The molecule has 0 bridgehead atoms. The van der Waals surface area contributed by atoms with Gasteiger partial charge in [0.15, 0.2) is 5.78 Å². The molecule has 1 amide bonds.